The maximum atomic E-state index is 13.0. The molecule has 2 saturated heterocycles. The maximum absolute atomic E-state index is 13.0. The molecule has 2 aliphatic rings. The first-order valence-corrected chi connectivity index (χ1v) is 10.5. The maximum Gasteiger partial charge on any atom is 0.254 e. The summed E-state index contributed by atoms with van der Waals surface area (Å²) in [7, 11) is 3.17. The molecule has 8 heteroatoms. The first-order chi connectivity index (χ1) is 14.6. The lowest BCUT2D eigenvalue weighted by Crippen LogP contribution is -2.49. The van der Waals surface area contributed by atoms with Crippen molar-refractivity contribution in [3.8, 4) is 11.5 Å². The van der Waals surface area contributed by atoms with E-state index in [1.54, 1.807) is 32.4 Å². The van der Waals surface area contributed by atoms with Crippen molar-refractivity contribution in [3.63, 3.8) is 0 Å². The van der Waals surface area contributed by atoms with E-state index in [1.807, 2.05) is 11.8 Å². The van der Waals surface area contributed by atoms with Gasteiger partial charge >= 0.3 is 0 Å². The Hall–Kier alpha value is -3.03. The van der Waals surface area contributed by atoms with E-state index >= 15 is 0 Å². The fraction of sp³-hybridized carbons (Fsp3) is 0.500. The molecular weight excluding hydrogens is 382 g/mol. The number of anilines is 2. The Kier molecular flexibility index (Phi) is 5.92. The van der Waals surface area contributed by atoms with Crippen molar-refractivity contribution in [3.05, 3.63) is 35.7 Å². The Bertz CT molecular complexity index is 883. The predicted octanol–water partition coefficient (Wildman–Crippen LogP) is 2.36. The van der Waals surface area contributed by atoms with Gasteiger partial charge in [-0.25, -0.2) is 9.97 Å². The molecule has 1 amide bonds. The van der Waals surface area contributed by atoms with Crippen LogP contribution < -0.4 is 19.3 Å². The Balaban J connectivity index is 1.44. The Morgan fingerprint density at radius 1 is 0.800 bits per heavy atom. The average molecular weight is 412 g/mol. The van der Waals surface area contributed by atoms with Gasteiger partial charge in [0, 0.05) is 57.0 Å². The largest absolute Gasteiger partial charge is 0.497 e. The zero-order valence-corrected chi connectivity index (χ0v) is 17.9. The molecule has 2 aromatic rings. The quantitative estimate of drug-likeness (QED) is 0.748. The molecule has 160 valence electrons. The lowest BCUT2D eigenvalue weighted by atomic mass is 10.1. The van der Waals surface area contributed by atoms with E-state index in [-0.39, 0.29) is 5.91 Å². The van der Waals surface area contributed by atoms with Crippen LogP contribution in [0.1, 0.15) is 29.0 Å². The van der Waals surface area contributed by atoms with Crippen molar-refractivity contribution in [1.82, 2.24) is 14.9 Å². The van der Waals surface area contributed by atoms with Crippen molar-refractivity contribution in [2.75, 3.05) is 63.3 Å². The predicted molar refractivity (Wildman–Crippen MR) is 116 cm³/mol. The molecule has 1 aromatic heterocycles. The van der Waals surface area contributed by atoms with Gasteiger partial charge in [-0.15, -0.1) is 0 Å². The summed E-state index contributed by atoms with van der Waals surface area (Å²) in [6.07, 6.45) is 2.43. The summed E-state index contributed by atoms with van der Waals surface area (Å²) in [5, 5.41) is 0. The Morgan fingerprint density at radius 3 is 1.87 bits per heavy atom. The van der Waals surface area contributed by atoms with Crippen LogP contribution >= 0.6 is 0 Å². The molecule has 0 atom stereocenters. The summed E-state index contributed by atoms with van der Waals surface area (Å²) in [4.78, 5) is 28.7. The second-order valence-electron chi connectivity index (χ2n) is 7.71. The van der Waals surface area contributed by atoms with E-state index in [0.29, 0.717) is 30.2 Å². The number of piperazine rings is 1. The summed E-state index contributed by atoms with van der Waals surface area (Å²) >= 11 is 0. The number of aromatic nitrogens is 2. The number of hydrogen-bond acceptors (Lipinski definition) is 7. The summed E-state index contributed by atoms with van der Waals surface area (Å²) in [6, 6.07) is 7.37. The van der Waals surface area contributed by atoms with Gasteiger partial charge < -0.3 is 24.2 Å². The number of amides is 1. The van der Waals surface area contributed by atoms with E-state index in [0.717, 1.165) is 43.6 Å². The molecule has 8 nitrogen and oxygen atoms in total. The fourth-order valence-electron chi connectivity index (χ4n) is 4.06. The smallest absolute Gasteiger partial charge is 0.254 e. The van der Waals surface area contributed by atoms with E-state index in [2.05, 4.69) is 25.8 Å². The van der Waals surface area contributed by atoms with E-state index in [1.165, 1.54) is 12.8 Å². The lowest BCUT2D eigenvalue weighted by molar-refractivity contribution is 0.0745. The molecule has 0 saturated carbocycles. The summed E-state index contributed by atoms with van der Waals surface area (Å²) in [6.45, 7) is 6.82. The van der Waals surface area contributed by atoms with Crippen molar-refractivity contribution in [1.29, 1.82) is 0 Å². The molecule has 1 aromatic carbocycles. The zero-order valence-electron chi connectivity index (χ0n) is 17.9. The third kappa shape index (κ3) is 4.27. The molecule has 0 N–H and O–H groups in total. The van der Waals surface area contributed by atoms with Crippen LogP contribution in [0.2, 0.25) is 0 Å². The number of ether oxygens (including phenoxy) is 2. The normalized spacial score (nSPS) is 16.7. The van der Waals surface area contributed by atoms with Gasteiger partial charge in [-0.05, 0) is 31.9 Å². The highest BCUT2D eigenvalue weighted by Gasteiger charge is 2.25. The van der Waals surface area contributed by atoms with E-state index in [9.17, 15) is 4.79 Å². The molecule has 0 radical (unpaired) electrons. The highest BCUT2D eigenvalue weighted by atomic mass is 16.5. The van der Waals surface area contributed by atoms with Gasteiger partial charge in [0.05, 0.1) is 14.2 Å². The minimum absolute atomic E-state index is 0.0107. The first kappa shape index (κ1) is 20.3. The van der Waals surface area contributed by atoms with Gasteiger partial charge in [-0.2, -0.15) is 0 Å². The van der Waals surface area contributed by atoms with Crippen LogP contribution in [-0.2, 0) is 0 Å². The second-order valence-corrected chi connectivity index (χ2v) is 7.71. The van der Waals surface area contributed by atoms with Crippen LogP contribution in [0.15, 0.2) is 24.3 Å². The SMILES string of the molecule is COc1cc(OC)cc(C(=O)N2CCN(c3cc(N4CCCC4)nc(C)n3)CC2)c1. The summed E-state index contributed by atoms with van der Waals surface area (Å²) < 4.78 is 10.6. The minimum atomic E-state index is -0.0107. The molecule has 0 bridgehead atoms. The van der Waals surface area contributed by atoms with Crippen molar-refractivity contribution < 1.29 is 14.3 Å². The monoisotopic (exact) mass is 411 g/mol. The van der Waals surface area contributed by atoms with Crippen molar-refractivity contribution in [2.45, 2.75) is 19.8 Å². The third-order valence-electron chi connectivity index (χ3n) is 5.73. The first-order valence-electron chi connectivity index (χ1n) is 10.5. The van der Waals surface area contributed by atoms with Crippen LogP contribution in [0.3, 0.4) is 0 Å². The van der Waals surface area contributed by atoms with Gasteiger partial charge in [-0.3, -0.25) is 4.79 Å². The molecule has 2 aliphatic heterocycles. The molecule has 0 aliphatic carbocycles. The number of carbonyl (C=O) groups is 1. The van der Waals surface area contributed by atoms with Crippen molar-refractivity contribution >= 4 is 17.5 Å². The second kappa shape index (κ2) is 8.77. The number of methoxy groups -OCH3 is 2. The van der Waals surface area contributed by atoms with Crippen LogP contribution in [0, 0.1) is 6.92 Å². The van der Waals surface area contributed by atoms with Crippen molar-refractivity contribution in [2.24, 2.45) is 0 Å². The molecule has 30 heavy (non-hydrogen) atoms. The van der Waals surface area contributed by atoms with E-state index < -0.39 is 0 Å². The Labute approximate surface area is 177 Å². The molecule has 4 rings (SSSR count). The summed E-state index contributed by atoms with van der Waals surface area (Å²) in [5.74, 6) is 3.96. The van der Waals surface area contributed by atoms with Gasteiger partial charge in [-0.1, -0.05) is 0 Å². The molecule has 3 heterocycles. The van der Waals surface area contributed by atoms with Crippen LogP contribution in [-0.4, -0.2) is 74.3 Å². The van der Waals surface area contributed by atoms with Crippen LogP contribution in [0.25, 0.3) is 0 Å². The highest BCUT2D eigenvalue weighted by Crippen LogP contribution is 2.26. The fourth-order valence-corrected chi connectivity index (χ4v) is 4.06. The molecular formula is C22H29N5O3. The van der Waals surface area contributed by atoms with Gasteiger partial charge in [0.2, 0.25) is 0 Å². The standard InChI is InChI=1S/C22H29N5O3/c1-16-23-20(25-6-4-5-7-25)15-21(24-16)26-8-10-27(11-9-26)22(28)17-12-18(29-2)14-19(13-17)30-3/h12-15H,4-11H2,1-3H3. The Morgan fingerprint density at radius 2 is 1.33 bits per heavy atom. The topological polar surface area (TPSA) is 71.0 Å². The van der Waals surface area contributed by atoms with E-state index in [4.69, 9.17) is 9.47 Å². The molecule has 2 fully saturated rings. The number of aryl methyl sites for hydroxylation is 1. The number of carbonyl (C=O) groups excluding carboxylic acids is 1. The average Bonchev–Trinajstić information content (AvgIpc) is 3.33. The van der Waals surface area contributed by atoms with Gasteiger partial charge in [0.25, 0.3) is 5.91 Å². The molecule has 0 unspecified atom stereocenters. The minimum Gasteiger partial charge on any atom is -0.497 e. The number of benzene rings is 1. The zero-order chi connectivity index (χ0) is 21.1. The van der Waals surface area contributed by atoms with Crippen LogP contribution in [0.4, 0.5) is 11.6 Å². The number of nitrogens with zero attached hydrogens (tertiary/aromatic N) is 5. The highest BCUT2D eigenvalue weighted by molar-refractivity contribution is 5.95. The van der Waals surface area contributed by atoms with Gasteiger partial charge in [0.1, 0.15) is 29.0 Å². The molecule has 0 spiro atoms. The van der Waals surface area contributed by atoms with Gasteiger partial charge in [0.15, 0.2) is 0 Å². The third-order valence-corrected chi connectivity index (χ3v) is 5.73. The summed E-state index contributed by atoms with van der Waals surface area (Å²) in [5.41, 5.74) is 0.578. The van der Waals surface area contributed by atoms with Crippen LogP contribution in [0.5, 0.6) is 11.5 Å². The number of hydrogen-bond donors (Lipinski definition) is 0. The lowest BCUT2D eigenvalue weighted by Gasteiger charge is -2.36. The number of rotatable bonds is 5.